The number of para-hydroxylation sites is 1. The van der Waals surface area contributed by atoms with Crippen LogP contribution in [-0.2, 0) is 4.79 Å². The normalized spacial score (nSPS) is 21.2. The standard InChI is InChI=1S/C15H15N5O.C2HF3O2/c16-15-18-12-10-3-1-2-4-11(10)21-13(12)14(19-15)20-7-8-5-9(20)6-17-8;3-2(4,5)1(6)7/h1-4,8-9,17H,5-7H2,(H2,16,18,19);(H,6,7)/t8-,9-;/m0./s1. The van der Waals surface area contributed by atoms with E-state index < -0.39 is 12.1 Å². The Hall–Kier alpha value is -3.08. The van der Waals surface area contributed by atoms with Gasteiger partial charge in [-0.15, -0.1) is 0 Å². The average molecular weight is 395 g/mol. The second-order valence-electron chi connectivity index (χ2n) is 6.63. The Morgan fingerprint density at radius 3 is 2.64 bits per heavy atom. The molecule has 2 aliphatic rings. The molecule has 0 radical (unpaired) electrons. The molecule has 0 spiro atoms. The topological polar surface area (TPSA) is 118 Å². The van der Waals surface area contributed by atoms with Crippen molar-refractivity contribution in [1.82, 2.24) is 15.3 Å². The van der Waals surface area contributed by atoms with Gasteiger partial charge in [0.2, 0.25) is 5.95 Å². The molecule has 2 aromatic heterocycles. The minimum atomic E-state index is -5.08. The first-order valence-corrected chi connectivity index (χ1v) is 8.49. The first-order valence-electron chi connectivity index (χ1n) is 8.49. The third-order valence-corrected chi connectivity index (χ3v) is 4.79. The quantitative estimate of drug-likeness (QED) is 0.574. The molecule has 2 saturated heterocycles. The fourth-order valence-electron chi connectivity index (χ4n) is 3.61. The van der Waals surface area contributed by atoms with Gasteiger partial charge in [-0.2, -0.15) is 18.2 Å². The summed E-state index contributed by atoms with van der Waals surface area (Å²) in [5, 5.41) is 11.6. The Labute approximate surface area is 156 Å². The summed E-state index contributed by atoms with van der Waals surface area (Å²) in [7, 11) is 0. The summed E-state index contributed by atoms with van der Waals surface area (Å²) in [4.78, 5) is 20.1. The number of carboxylic acid groups (broad SMARTS) is 1. The Morgan fingerprint density at radius 2 is 2.04 bits per heavy atom. The number of nitrogens with zero attached hydrogens (tertiary/aromatic N) is 3. The molecule has 2 atom stereocenters. The SMILES string of the molecule is Nc1nc(N2C[C@@H]3C[C@H]2CN3)c2oc3ccccc3c2n1.O=C(O)C(F)(F)F. The molecule has 1 aromatic carbocycles. The summed E-state index contributed by atoms with van der Waals surface area (Å²) in [6.45, 7) is 1.95. The number of hydrogen-bond donors (Lipinski definition) is 3. The van der Waals surface area contributed by atoms with Gasteiger partial charge in [-0.3, -0.25) is 0 Å². The highest BCUT2D eigenvalue weighted by atomic mass is 19.4. The van der Waals surface area contributed by atoms with Crippen LogP contribution < -0.4 is 16.0 Å². The molecule has 2 fully saturated rings. The van der Waals surface area contributed by atoms with Gasteiger partial charge in [0.25, 0.3) is 0 Å². The highest BCUT2D eigenvalue weighted by molar-refractivity contribution is 6.06. The molecule has 28 heavy (non-hydrogen) atoms. The van der Waals surface area contributed by atoms with Gasteiger partial charge >= 0.3 is 12.1 Å². The van der Waals surface area contributed by atoms with Gasteiger partial charge in [0, 0.05) is 30.6 Å². The predicted molar refractivity (Wildman–Crippen MR) is 95.0 cm³/mol. The number of benzene rings is 1. The molecule has 0 aliphatic carbocycles. The number of nitrogens with two attached hydrogens (primary N) is 1. The molecular formula is C17H16F3N5O3. The van der Waals surface area contributed by atoms with E-state index in [0.717, 1.165) is 47.4 Å². The van der Waals surface area contributed by atoms with E-state index in [2.05, 4.69) is 20.2 Å². The maximum Gasteiger partial charge on any atom is 0.490 e. The molecule has 2 bridgehead atoms. The molecule has 8 nitrogen and oxygen atoms in total. The zero-order valence-corrected chi connectivity index (χ0v) is 14.4. The number of anilines is 2. The molecule has 4 N–H and O–H groups in total. The molecule has 148 valence electrons. The number of carbonyl (C=O) groups is 1. The summed E-state index contributed by atoms with van der Waals surface area (Å²) in [5.41, 5.74) is 8.32. The van der Waals surface area contributed by atoms with Crippen LogP contribution in [-0.4, -0.2) is 52.4 Å². The van der Waals surface area contributed by atoms with Crippen molar-refractivity contribution in [2.45, 2.75) is 24.7 Å². The number of furan rings is 1. The molecule has 5 rings (SSSR count). The minimum Gasteiger partial charge on any atom is -0.475 e. The van der Waals surface area contributed by atoms with Crippen molar-refractivity contribution in [2.75, 3.05) is 23.7 Å². The van der Waals surface area contributed by atoms with Crippen LogP contribution in [0.15, 0.2) is 28.7 Å². The van der Waals surface area contributed by atoms with E-state index in [1.165, 1.54) is 0 Å². The molecular weight excluding hydrogens is 379 g/mol. The molecule has 0 saturated carbocycles. The van der Waals surface area contributed by atoms with Gasteiger partial charge in [-0.05, 0) is 18.6 Å². The lowest BCUT2D eigenvalue weighted by Gasteiger charge is -2.28. The summed E-state index contributed by atoms with van der Waals surface area (Å²) >= 11 is 0. The van der Waals surface area contributed by atoms with Crippen molar-refractivity contribution < 1.29 is 27.5 Å². The van der Waals surface area contributed by atoms with Crippen molar-refractivity contribution in [3.8, 4) is 0 Å². The molecule has 0 amide bonds. The lowest BCUT2D eigenvalue weighted by Crippen LogP contribution is -2.44. The van der Waals surface area contributed by atoms with E-state index in [1.807, 2.05) is 24.3 Å². The minimum absolute atomic E-state index is 0.305. The molecule has 11 heteroatoms. The number of hydrogen-bond acceptors (Lipinski definition) is 7. The zero-order chi connectivity index (χ0) is 20.1. The van der Waals surface area contributed by atoms with Crippen molar-refractivity contribution in [2.24, 2.45) is 0 Å². The van der Waals surface area contributed by atoms with E-state index in [4.69, 9.17) is 20.1 Å². The van der Waals surface area contributed by atoms with Crippen LogP contribution in [0, 0.1) is 0 Å². The van der Waals surface area contributed by atoms with Gasteiger partial charge in [0.1, 0.15) is 11.1 Å². The largest absolute Gasteiger partial charge is 0.490 e. The number of halogens is 3. The van der Waals surface area contributed by atoms with Gasteiger partial charge in [0.05, 0.1) is 0 Å². The number of rotatable bonds is 1. The Kier molecular flexibility index (Phi) is 4.26. The van der Waals surface area contributed by atoms with Crippen molar-refractivity contribution in [3.05, 3.63) is 24.3 Å². The number of aliphatic carboxylic acids is 1. The van der Waals surface area contributed by atoms with Crippen LogP contribution in [0.1, 0.15) is 6.42 Å². The number of alkyl halides is 3. The van der Waals surface area contributed by atoms with Crippen LogP contribution in [0.4, 0.5) is 24.9 Å². The maximum absolute atomic E-state index is 10.6. The smallest absolute Gasteiger partial charge is 0.475 e. The van der Waals surface area contributed by atoms with E-state index in [0.29, 0.717) is 18.0 Å². The first kappa shape index (κ1) is 18.3. The second-order valence-corrected chi connectivity index (χ2v) is 6.63. The summed E-state index contributed by atoms with van der Waals surface area (Å²) in [5.74, 6) is -1.62. The van der Waals surface area contributed by atoms with Gasteiger partial charge in [-0.25, -0.2) is 9.78 Å². The monoisotopic (exact) mass is 395 g/mol. The van der Waals surface area contributed by atoms with Crippen LogP contribution in [0.5, 0.6) is 0 Å². The fourth-order valence-corrected chi connectivity index (χ4v) is 3.61. The van der Waals surface area contributed by atoms with E-state index >= 15 is 0 Å². The van der Waals surface area contributed by atoms with Crippen molar-refractivity contribution in [3.63, 3.8) is 0 Å². The summed E-state index contributed by atoms with van der Waals surface area (Å²) in [6, 6.07) is 8.93. The Bertz CT molecular complexity index is 1050. The van der Waals surface area contributed by atoms with Crippen LogP contribution in [0.25, 0.3) is 22.1 Å². The molecule has 2 aliphatic heterocycles. The number of nitrogens with one attached hydrogen (secondary N) is 1. The lowest BCUT2D eigenvalue weighted by atomic mass is 10.2. The van der Waals surface area contributed by atoms with Crippen LogP contribution in [0.3, 0.4) is 0 Å². The van der Waals surface area contributed by atoms with Crippen LogP contribution >= 0.6 is 0 Å². The van der Waals surface area contributed by atoms with E-state index in [9.17, 15) is 13.2 Å². The van der Waals surface area contributed by atoms with Crippen LogP contribution in [0.2, 0.25) is 0 Å². The number of nitrogen functional groups attached to an aromatic ring is 1. The Balaban J connectivity index is 0.000000239. The highest BCUT2D eigenvalue weighted by Gasteiger charge is 2.40. The molecule has 3 aromatic rings. The van der Waals surface area contributed by atoms with E-state index in [1.54, 1.807) is 0 Å². The second kappa shape index (κ2) is 6.51. The summed E-state index contributed by atoms with van der Waals surface area (Å²) in [6.07, 6.45) is -3.92. The Morgan fingerprint density at radius 1 is 1.32 bits per heavy atom. The summed E-state index contributed by atoms with van der Waals surface area (Å²) < 4.78 is 37.8. The molecule has 4 heterocycles. The number of carboxylic acids is 1. The predicted octanol–water partition coefficient (Wildman–Crippen LogP) is 2.14. The highest BCUT2D eigenvalue weighted by Crippen LogP contribution is 2.37. The number of fused-ring (bicyclic) bond motifs is 5. The van der Waals surface area contributed by atoms with Gasteiger partial charge < -0.3 is 25.5 Å². The van der Waals surface area contributed by atoms with Crippen molar-refractivity contribution in [1.29, 1.82) is 0 Å². The fraction of sp³-hybridized carbons (Fsp3) is 0.353. The lowest BCUT2D eigenvalue weighted by molar-refractivity contribution is -0.192. The number of aromatic nitrogens is 2. The average Bonchev–Trinajstić information content (AvgIpc) is 3.34. The van der Waals surface area contributed by atoms with Crippen molar-refractivity contribution >= 4 is 39.8 Å². The van der Waals surface area contributed by atoms with E-state index in [-0.39, 0.29) is 0 Å². The van der Waals surface area contributed by atoms with Gasteiger partial charge in [-0.1, -0.05) is 12.1 Å². The molecule has 0 unspecified atom stereocenters. The van der Waals surface area contributed by atoms with Gasteiger partial charge in [0.15, 0.2) is 11.4 Å². The first-order chi connectivity index (χ1) is 13.2. The third kappa shape index (κ3) is 3.17. The number of piperazine rings is 1. The zero-order valence-electron chi connectivity index (χ0n) is 14.4. The maximum atomic E-state index is 10.6. The third-order valence-electron chi connectivity index (χ3n) is 4.79.